The Bertz CT molecular complexity index is 930. The number of nitrogens with one attached hydrogen (secondary N) is 1. The number of esters is 1. The van der Waals surface area contributed by atoms with Crippen LogP contribution in [0.3, 0.4) is 0 Å². The van der Waals surface area contributed by atoms with Gasteiger partial charge >= 0.3 is 5.97 Å². The number of carbonyl (C=O) groups is 1. The first-order valence-electron chi connectivity index (χ1n) is 6.82. The van der Waals surface area contributed by atoms with Crippen LogP contribution in [0.15, 0.2) is 23.1 Å². The van der Waals surface area contributed by atoms with Crippen molar-refractivity contribution < 1.29 is 26.7 Å². The maximum absolute atomic E-state index is 14.0. The number of rotatable bonds is 5. The molecule has 2 rings (SSSR count). The Balaban J connectivity index is 2.54. The van der Waals surface area contributed by atoms with Crippen molar-refractivity contribution in [3.63, 3.8) is 0 Å². The van der Waals surface area contributed by atoms with Crippen molar-refractivity contribution in [2.75, 3.05) is 7.11 Å². The van der Waals surface area contributed by atoms with E-state index >= 15 is 0 Å². The highest BCUT2D eigenvalue weighted by Crippen LogP contribution is 2.27. The number of sulfonamides is 1. The quantitative estimate of drug-likeness (QED) is 0.783. The summed E-state index contributed by atoms with van der Waals surface area (Å²) in [4.78, 5) is 11.6. The molecule has 1 heterocycles. The topological polar surface area (TPSA) is 90.3 Å². The molecule has 0 aliphatic carbocycles. The molecule has 0 radical (unpaired) electrons. The molecule has 1 aromatic heterocycles. The van der Waals surface area contributed by atoms with Crippen LogP contribution < -0.4 is 4.72 Å². The van der Waals surface area contributed by atoms with Gasteiger partial charge in [0.25, 0.3) is 0 Å². The Labute approximate surface area is 147 Å². The Morgan fingerprint density at radius 1 is 1.40 bits per heavy atom. The third-order valence-corrected chi connectivity index (χ3v) is 5.47. The Morgan fingerprint density at radius 2 is 2.04 bits per heavy atom. The van der Waals surface area contributed by atoms with Crippen molar-refractivity contribution in [3.05, 3.63) is 46.2 Å². The predicted octanol–water partition coefficient (Wildman–Crippen LogP) is 1.85. The molecule has 7 nitrogen and oxygen atoms in total. The minimum atomic E-state index is -4.39. The van der Waals surface area contributed by atoms with Crippen LogP contribution in [0.4, 0.5) is 8.78 Å². The highest BCUT2D eigenvalue weighted by molar-refractivity contribution is 7.89. The summed E-state index contributed by atoms with van der Waals surface area (Å²) in [6, 6.07) is 0.513. The first kappa shape index (κ1) is 19.3. The molecular formula is C14H14ClF2N3O4S. The monoisotopic (exact) mass is 393 g/mol. The maximum Gasteiger partial charge on any atom is 0.328 e. The van der Waals surface area contributed by atoms with Crippen molar-refractivity contribution in [2.45, 2.75) is 17.9 Å². The van der Waals surface area contributed by atoms with Gasteiger partial charge < -0.3 is 4.74 Å². The molecule has 0 aliphatic rings. The summed E-state index contributed by atoms with van der Waals surface area (Å²) in [5, 5.41) is 3.67. The van der Waals surface area contributed by atoms with Gasteiger partial charge in [0.15, 0.2) is 0 Å². The second kappa shape index (κ2) is 7.06. The summed E-state index contributed by atoms with van der Waals surface area (Å²) in [5.41, 5.74) is -0.448. The number of aromatic nitrogens is 2. The molecule has 2 aromatic rings. The predicted molar refractivity (Wildman–Crippen MR) is 84.4 cm³/mol. The van der Waals surface area contributed by atoms with Crippen LogP contribution in [0.2, 0.25) is 5.15 Å². The summed E-state index contributed by atoms with van der Waals surface area (Å²) >= 11 is 5.93. The molecule has 0 saturated heterocycles. The Kier molecular flexibility index (Phi) is 5.45. The fraction of sp³-hybridized carbons (Fsp3) is 0.286. The van der Waals surface area contributed by atoms with Crippen LogP contribution in [0, 0.1) is 18.6 Å². The summed E-state index contributed by atoms with van der Waals surface area (Å²) < 4.78 is 60.3. The van der Waals surface area contributed by atoms with E-state index in [1.54, 1.807) is 0 Å². The van der Waals surface area contributed by atoms with Gasteiger partial charge in [0.05, 0.1) is 12.8 Å². The molecule has 0 fully saturated rings. The first-order chi connectivity index (χ1) is 11.6. The lowest BCUT2D eigenvalue weighted by Gasteiger charge is -2.17. The minimum Gasteiger partial charge on any atom is -0.468 e. The molecule has 1 N–H and O–H groups in total. The number of ether oxygens (including phenoxy) is 1. The fourth-order valence-corrected chi connectivity index (χ4v) is 4.14. The Hall–Kier alpha value is -2.04. The summed E-state index contributed by atoms with van der Waals surface area (Å²) in [7, 11) is -1.97. The van der Waals surface area contributed by atoms with Gasteiger partial charge in [0, 0.05) is 12.6 Å². The number of aryl methyl sites for hydroxylation is 2. The van der Waals surface area contributed by atoms with E-state index in [1.807, 2.05) is 4.72 Å². The van der Waals surface area contributed by atoms with E-state index in [0.29, 0.717) is 6.07 Å². The zero-order valence-electron chi connectivity index (χ0n) is 13.4. The fourth-order valence-electron chi connectivity index (χ4n) is 2.22. The van der Waals surface area contributed by atoms with Gasteiger partial charge in [-0.1, -0.05) is 11.6 Å². The van der Waals surface area contributed by atoms with Gasteiger partial charge in [-0.25, -0.2) is 22.0 Å². The van der Waals surface area contributed by atoms with Gasteiger partial charge in [-0.2, -0.15) is 9.82 Å². The number of nitrogens with zero attached hydrogens (tertiary/aromatic N) is 2. The van der Waals surface area contributed by atoms with Gasteiger partial charge in [0.1, 0.15) is 27.7 Å². The van der Waals surface area contributed by atoms with Crippen molar-refractivity contribution in [1.29, 1.82) is 0 Å². The van der Waals surface area contributed by atoms with Gasteiger partial charge in [-0.3, -0.25) is 4.68 Å². The molecule has 0 unspecified atom stereocenters. The summed E-state index contributed by atoms with van der Waals surface area (Å²) in [6.45, 7) is 1.40. The third kappa shape index (κ3) is 3.80. The lowest BCUT2D eigenvalue weighted by atomic mass is 10.1. The van der Waals surface area contributed by atoms with Crippen LogP contribution in [0.5, 0.6) is 0 Å². The number of carbonyl (C=O) groups excluding carboxylic acids is 1. The van der Waals surface area contributed by atoms with Crippen molar-refractivity contribution in [1.82, 2.24) is 14.5 Å². The average Bonchev–Trinajstić information content (AvgIpc) is 2.80. The highest BCUT2D eigenvalue weighted by Gasteiger charge is 2.33. The van der Waals surface area contributed by atoms with Crippen LogP contribution in [-0.4, -0.2) is 31.3 Å². The number of hydrogen-bond acceptors (Lipinski definition) is 5. The molecule has 0 aliphatic heterocycles. The smallest absolute Gasteiger partial charge is 0.328 e. The van der Waals surface area contributed by atoms with Gasteiger partial charge in [-0.05, 0) is 25.1 Å². The standard InChI is InChI=1S/C14H14ClF2N3O4S/c1-7-12(13(15)20(2)18-7)25(22,23)19-11(14(21)24-3)9-6-8(16)4-5-10(9)17/h4-6,11,19H,1-3H3/t11-/m1/s1. The summed E-state index contributed by atoms with van der Waals surface area (Å²) in [6.07, 6.45) is 0. The summed E-state index contributed by atoms with van der Waals surface area (Å²) in [5.74, 6) is -2.95. The van der Waals surface area contributed by atoms with E-state index in [-0.39, 0.29) is 15.7 Å². The van der Waals surface area contributed by atoms with Gasteiger partial charge in [-0.15, -0.1) is 0 Å². The van der Waals surface area contributed by atoms with Gasteiger partial charge in [0.2, 0.25) is 10.0 Å². The van der Waals surface area contributed by atoms with E-state index in [2.05, 4.69) is 9.84 Å². The zero-order valence-corrected chi connectivity index (χ0v) is 15.0. The van der Waals surface area contributed by atoms with Crippen molar-refractivity contribution in [3.8, 4) is 0 Å². The lowest BCUT2D eigenvalue weighted by molar-refractivity contribution is -0.142. The number of hydrogen-bond donors (Lipinski definition) is 1. The van der Waals surface area contributed by atoms with Crippen LogP contribution in [0.25, 0.3) is 0 Å². The normalized spacial score (nSPS) is 12.9. The number of halogens is 3. The largest absolute Gasteiger partial charge is 0.468 e. The number of methoxy groups -OCH3 is 1. The maximum atomic E-state index is 14.0. The van der Waals surface area contributed by atoms with E-state index in [4.69, 9.17) is 11.6 Å². The molecule has 11 heteroatoms. The number of benzene rings is 1. The minimum absolute atomic E-state index is 0.0725. The van der Waals surface area contributed by atoms with Crippen molar-refractivity contribution in [2.24, 2.45) is 7.05 Å². The molecule has 25 heavy (non-hydrogen) atoms. The van der Waals surface area contributed by atoms with E-state index in [9.17, 15) is 22.0 Å². The SMILES string of the molecule is COC(=O)[C@H](NS(=O)(=O)c1c(C)nn(C)c1Cl)c1cc(F)ccc1F. The lowest BCUT2D eigenvalue weighted by Crippen LogP contribution is -2.35. The average molecular weight is 394 g/mol. The molecule has 0 bridgehead atoms. The zero-order chi connectivity index (χ0) is 18.9. The van der Waals surface area contributed by atoms with E-state index < -0.39 is 39.2 Å². The molecule has 1 aromatic carbocycles. The molecule has 0 spiro atoms. The van der Waals surface area contributed by atoms with Crippen LogP contribution in [-0.2, 0) is 26.6 Å². The molecule has 0 saturated carbocycles. The molecule has 1 atom stereocenters. The van der Waals surface area contributed by atoms with E-state index in [1.165, 1.54) is 14.0 Å². The first-order valence-corrected chi connectivity index (χ1v) is 8.68. The van der Waals surface area contributed by atoms with Crippen molar-refractivity contribution >= 4 is 27.6 Å². The van der Waals surface area contributed by atoms with Crippen LogP contribution >= 0.6 is 11.6 Å². The third-order valence-electron chi connectivity index (χ3n) is 3.35. The van der Waals surface area contributed by atoms with E-state index in [0.717, 1.165) is 23.9 Å². The molecule has 0 amide bonds. The molecular weight excluding hydrogens is 380 g/mol. The molecule has 136 valence electrons. The van der Waals surface area contributed by atoms with Crippen LogP contribution in [0.1, 0.15) is 17.3 Å². The second-order valence-corrected chi connectivity index (χ2v) is 7.08. The Morgan fingerprint density at radius 3 is 2.56 bits per heavy atom. The second-order valence-electron chi connectivity index (χ2n) is 5.07. The highest BCUT2D eigenvalue weighted by atomic mass is 35.5.